The number of nitrogens with one attached hydrogen (secondary N) is 1. The predicted octanol–water partition coefficient (Wildman–Crippen LogP) is 2.60. The Morgan fingerprint density at radius 2 is 2.03 bits per heavy atom. The first-order chi connectivity index (χ1) is 14.2. The molecule has 8 heteroatoms. The number of aromatic nitrogens is 5. The number of pyridine rings is 1. The molecule has 2 fully saturated rings. The van der Waals surface area contributed by atoms with Gasteiger partial charge in [0.2, 0.25) is 5.91 Å². The molecule has 0 saturated carbocycles. The molecule has 8 nitrogen and oxygen atoms in total. The van der Waals surface area contributed by atoms with Crippen LogP contribution in [-0.4, -0.2) is 61.7 Å². The van der Waals surface area contributed by atoms with Gasteiger partial charge in [-0.1, -0.05) is 0 Å². The lowest BCUT2D eigenvalue weighted by molar-refractivity contribution is -0.134. The van der Waals surface area contributed by atoms with E-state index in [-0.39, 0.29) is 12.0 Å². The first kappa shape index (κ1) is 18.1. The summed E-state index contributed by atoms with van der Waals surface area (Å²) in [6.45, 7) is 5.59. The molecular formula is C21H27N7O. The number of amides is 1. The van der Waals surface area contributed by atoms with Gasteiger partial charge in [0.25, 0.3) is 0 Å². The summed E-state index contributed by atoms with van der Waals surface area (Å²) in [6, 6.07) is 5.96. The Morgan fingerprint density at radius 3 is 2.83 bits per heavy atom. The molecule has 1 N–H and O–H groups in total. The number of imidazole rings is 1. The zero-order valence-electron chi connectivity index (χ0n) is 16.8. The van der Waals surface area contributed by atoms with E-state index in [0.29, 0.717) is 5.91 Å². The topological polar surface area (TPSA) is 82.9 Å². The van der Waals surface area contributed by atoms with Crippen LogP contribution in [0.25, 0.3) is 11.2 Å². The Morgan fingerprint density at radius 1 is 1.17 bits per heavy atom. The van der Waals surface area contributed by atoms with Crippen LogP contribution in [0.3, 0.4) is 0 Å². The molecule has 1 amide bonds. The van der Waals surface area contributed by atoms with Crippen molar-refractivity contribution in [1.29, 1.82) is 0 Å². The summed E-state index contributed by atoms with van der Waals surface area (Å²) in [5.41, 5.74) is 1.63. The first-order valence-corrected chi connectivity index (χ1v) is 10.6. The minimum absolute atomic E-state index is 0.0140. The molecule has 0 radical (unpaired) electrons. The van der Waals surface area contributed by atoms with E-state index in [1.54, 1.807) is 6.20 Å². The molecule has 2 aliphatic heterocycles. The molecular weight excluding hydrogens is 366 g/mol. The van der Waals surface area contributed by atoms with E-state index in [2.05, 4.69) is 21.9 Å². The smallest absolute Gasteiger partial charge is 0.227 e. The van der Waals surface area contributed by atoms with Gasteiger partial charge in [-0.2, -0.15) is 5.10 Å². The van der Waals surface area contributed by atoms with Crippen LogP contribution in [0.5, 0.6) is 0 Å². The second-order valence-corrected chi connectivity index (χ2v) is 8.14. The maximum atomic E-state index is 12.8. The van der Waals surface area contributed by atoms with E-state index in [9.17, 15) is 4.79 Å². The number of carbonyl (C=O) groups is 1. The van der Waals surface area contributed by atoms with Crippen LogP contribution in [0.2, 0.25) is 0 Å². The molecule has 1 unspecified atom stereocenters. The SMILES string of the molecule is CC(c1nc2ccc(N3CCC[C@@H](C(=O)N4CCCC4)C3)nc2[nH]1)n1cccn1. The number of likely N-dealkylation sites (tertiary alicyclic amines) is 1. The number of nitrogens with zero attached hydrogens (tertiary/aromatic N) is 6. The Hall–Kier alpha value is -2.90. The van der Waals surface area contributed by atoms with E-state index in [4.69, 9.17) is 9.97 Å². The summed E-state index contributed by atoms with van der Waals surface area (Å²) < 4.78 is 1.87. The first-order valence-electron chi connectivity index (χ1n) is 10.6. The van der Waals surface area contributed by atoms with Crippen LogP contribution in [0.4, 0.5) is 5.82 Å². The second-order valence-electron chi connectivity index (χ2n) is 8.14. The molecule has 2 atom stereocenters. The highest BCUT2D eigenvalue weighted by Gasteiger charge is 2.31. The van der Waals surface area contributed by atoms with E-state index in [1.807, 2.05) is 34.0 Å². The van der Waals surface area contributed by atoms with Gasteiger partial charge in [-0.25, -0.2) is 9.97 Å². The summed E-state index contributed by atoms with van der Waals surface area (Å²) in [7, 11) is 0. The quantitative estimate of drug-likeness (QED) is 0.737. The third-order valence-corrected chi connectivity index (χ3v) is 6.18. The van der Waals surface area contributed by atoms with Gasteiger partial charge in [0.15, 0.2) is 5.65 Å². The van der Waals surface area contributed by atoms with Crippen LogP contribution in [0.15, 0.2) is 30.6 Å². The van der Waals surface area contributed by atoms with Gasteiger partial charge >= 0.3 is 0 Å². The minimum Gasteiger partial charge on any atom is -0.356 e. The van der Waals surface area contributed by atoms with Gasteiger partial charge in [0.1, 0.15) is 23.2 Å². The average Bonchev–Trinajstić information content (AvgIpc) is 3.53. The third-order valence-electron chi connectivity index (χ3n) is 6.18. The standard InChI is InChI=1S/C21H27N7O/c1-15(28-13-5-9-22-28)19-23-17-7-8-18(24-20(17)25-19)27-12-4-6-16(14-27)21(29)26-10-2-3-11-26/h5,7-9,13,15-16H,2-4,6,10-12,14H2,1H3,(H,23,24,25)/t15?,16-/m1/s1. The highest BCUT2D eigenvalue weighted by molar-refractivity contribution is 5.80. The largest absolute Gasteiger partial charge is 0.356 e. The van der Waals surface area contributed by atoms with E-state index < -0.39 is 0 Å². The molecule has 5 rings (SSSR count). The molecule has 0 spiro atoms. The van der Waals surface area contributed by atoms with Crippen LogP contribution in [0, 0.1) is 5.92 Å². The van der Waals surface area contributed by atoms with Crippen molar-refractivity contribution in [2.75, 3.05) is 31.1 Å². The zero-order valence-corrected chi connectivity index (χ0v) is 16.8. The Kier molecular flexibility index (Phi) is 4.69. The lowest BCUT2D eigenvalue weighted by Gasteiger charge is -2.34. The second kappa shape index (κ2) is 7.50. The molecule has 0 bridgehead atoms. The third kappa shape index (κ3) is 3.47. The van der Waals surface area contributed by atoms with Crippen molar-refractivity contribution in [3.63, 3.8) is 0 Å². The lowest BCUT2D eigenvalue weighted by atomic mass is 9.96. The van der Waals surface area contributed by atoms with Gasteiger partial charge in [-0.05, 0) is 50.8 Å². The van der Waals surface area contributed by atoms with Gasteiger partial charge < -0.3 is 14.8 Å². The summed E-state index contributed by atoms with van der Waals surface area (Å²) in [5.74, 6) is 2.16. The minimum atomic E-state index is 0.0140. The normalized spacial score (nSPS) is 21.1. The highest BCUT2D eigenvalue weighted by Crippen LogP contribution is 2.26. The van der Waals surface area contributed by atoms with Crippen LogP contribution >= 0.6 is 0 Å². The molecule has 2 saturated heterocycles. The van der Waals surface area contributed by atoms with Crippen molar-refractivity contribution in [3.8, 4) is 0 Å². The van der Waals surface area contributed by atoms with E-state index >= 15 is 0 Å². The molecule has 5 heterocycles. The predicted molar refractivity (Wildman–Crippen MR) is 111 cm³/mol. The maximum Gasteiger partial charge on any atom is 0.227 e. The van der Waals surface area contributed by atoms with Crippen LogP contribution in [-0.2, 0) is 4.79 Å². The van der Waals surface area contributed by atoms with Gasteiger partial charge in [0, 0.05) is 38.6 Å². The molecule has 29 heavy (non-hydrogen) atoms. The number of piperidine rings is 1. The molecule has 2 aliphatic rings. The van der Waals surface area contributed by atoms with Crippen molar-refractivity contribution >= 4 is 22.9 Å². The lowest BCUT2D eigenvalue weighted by Crippen LogP contribution is -2.44. The molecule has 0 aliphatic carbocycles. The zero-order chi connectivity index (χ0) is 19.8. The van der Waals surface area contributed by atoms with Crippen molar-refractivity contribution in [2.24, 2.45) is 5.92 Å². The average molecular weight is 393 g/mol. The summed E-state index contributed by atoms with van der Waals surface area (Å²) in [4.78, 5) is 30.0. The number of hydrogen-bond acceptors (Lipinski definition) is 5. The number of carbonyl (C=O) groups excluding carboxylic acids is 1. The van der Waals surface area contributed by atoms with Gasteiger partial charge in [-0.15, -0.1) is 0 Å². The van der Waals surface area contributed by atoms with Crippen molar-refractivity contribution in [1.82, 2.24) is 29.6 Å². The number of rotatable bonds is 4. The van der Waals surface area contributed by atoms with Crippen LogP contribution in [0.1, 0.15) is 44.5 Å². The maximum absolute atomic E-state index is 12.8. The summed E-state index contributed by atoms with van der Waals surface area (Å²) in [6.07, 6.45) is 7.98. The Bertz CT molecular complexity index is 990. The summed E-state index contributed by atoms with van der Waals surface area (Å²) >= 11 is 0. The van der Waals surface area contributed by atoms with Crippen molar-refractivity contribution in [2.45, 2.75) is 38.6 Å². The molecule has 0 aromatic carbocycles. The van der Waals surface area contributed by atoms with Crippen molar-refractivity contribution in [3.05, 3.63) is 36.4 Å². The molecule has 3 aromatic heterocycles. The Balaban J connectivity index is 1.35. The van der Waals surface area contributed by atoms with E-state index in [0.717, 1.165) is 74.7 Å². The number of fused-ring (bicyclic) bond motifs is 1. The highest BCUT2D eigenvalue weighted by atomic mass is 16.2. The van der Waals surface area contributed by atoms with Crippen LogP contribution < -0.4 is 4.90 Å². The fourth-order valence-electron chi connectivity index (χ4n) is 4.49. The molecule has 152 valence electrons. The van der Waals surface area contributed by atoms with Gasteiger partial charge in [0.05, 0.1) is 5.92 Å². The summed E-state index contributed by atoms with van der Waals surface area (Å²) in [5, 5.41) is 4.30. The number of hydrogen-bond donors (Lipinski definition) is 1. The van der Waals surface area contributed by atoms with Crippen molar-refractivity contribution < 1.29 is 4.79 Å². The number of aromatic amines is 1. The monoisotopic (exact) mass is 393 g/mol. The Labute approximate surface area is 169 Å². The fraction of sp³-hybridized carbons (Fsp3) is 0.524. The number of H-pyrrole nitrogens is 1. The number of anilines is 1. The van der Waals surface area contributed by atoms with E-state index in [1.165, 1.54) is 0 Å². The fourth-order valence-corrected chi connectivity index (χ4v) is 4.49. The molecule has 3 aromatic rings. The van der Waals surface area contributed by atoms with Gasteiger partial charge in [-0.3, -0.25) is 9.48 Å².